The lowest BCUT2D eigenvalue weighted by molar-refractivity contribution is -0.119. The average molecular weight is 490 g/mol. The molecule has 0 radical (unpaired) electrons. The highest BCUT2D eigenvalue weighted by molar-refractivity contribution is 6.31. The summed E-state index contributed by atoms with van der Waals surface area (Å²) in [5.74, 6) is -0.700. The lowest BCUT2D eigenvalue weighted by atomic mass is 10.1. The number of rotatable bonds is 5. The van der Waals surface area contributed by atoms with Gasteiger partial charge in [-0.3, -0.25) is 9.59 Å². The molecule has 2 fully saturated rings. The highest BCUT2D eigenvalue weighted by Gasteiger charge is 2.36. The van der Waals surface area contributed by atoms with Gasteiger partial charge in [-0.2, -0.15) is 0 Å². The maximum atomic E-state index is 14.9. The Bertz CT molecular complexity index is 1070. The topological polar surface area (TPSA) is 71.1 Å². The number of amides is 2. The Labute approximate surface area is 203 Å². The van der Waals surface area contributed by atoms with Gasteiger partial charge < -0.3 is 24.6 Å². The van der Waals surface area contributed by atoms with Crippen molar-refractivity contribution in [2.24, 2.45) is 0 Å². The number of hydrogen-bond donors (Lipinski definition) is 1. The van der Waals surface area contributed by atoms with E-state index >= 15 is 0 Å². The van der Waals surface area contributed by atoms with Gasteiger partial charge in [0.15, 0.2) is 0 Å². The van der Waals surface area contributed by atoms with E-state index in [1.165, 1.54) is 24.1 Å². The molecule has 0 bridgehead atoms. The van der Waals surface area contributed by atoms with E-state index in [9.17, 15) is 14.0 Å². The van der Waals surface area contributed by atoms with E-state index in [1.54, 1.807) is 24.3 Å². The van der Waals surface area contributed by atoms with E-state index in [-0.39, 0.29) is 24.0 Å². The second kappa shape index (κ2) is 10.2. The average Bonchev–Trinajstić information content (AvgIpc) is 3.28. The number of nitrogens with zero attached hydrogens (tertiary/aromatic N) is 2. The number of ether oxygens (including phenoxy) is 2. The Balaban J connectivity index is 1.47. The SMILES string of the molecule is COc1ccc(Cl)cc1C(=O)N1CCCC1C(=O)Nc1ccc(N2CC(C)OC(C)C2)c(F)c1. The minimum Gasteiger partial charge on any atom is -0.496 e. The van der Waals surface area contributed by atoms with E-state index in [4.69, 9.17) is 21.1 Å². The van der Waals surface area contributed by atoms with E-state index in [0.717, 1.165) is 0 Å². The van der Waals surface area contributed by atoms with Crippen LogP contribution >= 0.6 is 11.6 Å². The van der Waals surface area contributed by atoms with Crippen LogP contribution in [0.15, 0.2) is 36.4 Å². The van der Waals surface area contributed by atoms with Crippen LogP contribution < -0.4 is 15.0 Å². The largest absolute Gasteiger partial charge is 0.496 e. The van der Waals surface area contributed by atoms with Gasteiger partial charge >= 0.3 is 0 Å². The monoisotopic (exact) mass is 489 g/mol. The minimum atomic E-state index is -0.667. The number of hydrogen-bond acceptors (Lipinski definition) is 5. The van der Waals surface area contributed by atoms with Crippen LogP contribution in [0.5, 0.6) is 5.75 Å². The predicted octanol–water partition coefficient (Wildman–Crippen LogP) is 4.34. The fourth-order valence-corrected chi connectivity index (χ4v) is 4.90. The van der Waals surface area contributed by atoms with Crippen molar-refractivity contribution in [1.82, 2.24) is 4.90 Å². The second-order valence-corrected chi connectivity index (χ2v) is 9.26. The summed E-state index contributed by atoms with van der Waals surface area (Å²) in [5, 5.41) is 3.18. The van der Waals surface area contributed by atoms with Crippen molar-refractivity contribution in [3.63, 3.8) is 0 Å². The molecule has 2 aromatic rings. The second-order valence-electron chi connectivity index (χ2n) is 8.82. The van der Waals surface area contributed by atoms with Crippen molar-refractivity contribution < 1.29 is 23.5 Å². The molecule has 0 aromatic heterocycles. The van der Waals surface area contributed by atoms with Crippen molar-refractivity contribution in [3.05, 3.63) is 52.8 Å². The van der Waals surface area contributed by atoms with Gasteiger partial charge in [0.2, 0.25) is 5.91 Å². The number of benzene rings is 2. The molecular formula is C25H29ClFN3O4. The minimum absolute atomic E-state index is 0.00605. The van der Waals surface area contributed by atoms with Gasteiger partial charge in [0.1, 0.15) is 17.6 Å². The lowest BCUT2D eigenvalue weighted by Crippen LogP contribution is -2.45. The number of carbonyl (C=O) groups is 2. The molecule has 3 atom stereocenters. The molecular weight excluding hydrogens is 461 g/mol. The van der Waals surface area contributed by atoms with Gasteiger partial charge in [-0.05, 0) is 63.1 Å². The lowest BCUT2D eigenvalue weighted by Gasteiger charge is -2.37. The fraction of sp³-hybridized carbons (Fsp3) is 0.440. The predicted molar refractivity (Wildman–Crippen MR) is 129 cm³/mol. The molecule has 4 rings (SSSR count). The Morgan fingerprint density at radius 3 is 2.56 bits per heavy atom. The molecule has 2 aliphatic rings. The van der Waals surface area contributed by atoms with Gasteiger partial charge in [-0.25, -0.2) is 4.39 Å². The van der Waals surface area contributed by atoms with Crippen LogP contribution in [0, 0.1) is 5.82 Å². The molecule has 2 aliphatic heterocycles. The van der Waals surface area contributed by atoms with Crippen LogP contribution in [-0.2, 0) is 9.53 Å². The van der Waals surface area contributed by atoms with E-state index in [1.807, 2.05) is 18.7 Å². The highest BCUT2D eigenvalue weighted by Crippen LogP contribution is 2.29. The molecule has 3 unspecified atom stereocenters. The maximum absolute atomic E-state index is 14.9. The molecule has 182 valence electrons. The Morgan fingerprint density at radius 2 is 1.88 bits per heavy atom. The highest BCUT2D eigenvalue weighted by atomic mass is 35.5. The summed E-state index contributed by atoms with van der Waals surface area (Å²) in [4.78, 5) is 29.7. The molecule has 2 saturated heterocycles. The molecule has 2 amide bonds. The number of anilines is 2. The first-order valence-corrected chi connectivity index (χ1v) is 11.8. The number of halogens is 2. The first kappa shape index (κ1) is 24.3. The van der Waals surface area contributed by atoms with Crippen molar-refractivity contribution in [2.75, 3.05) is 37.0 Å². The third kappa shape index (κ3) is 5.13. The number of methoxy groups -OCH3 is 1. The van der Waals surface area contributed by atoms with Crippen LogP contribution in [0.3, 0.4) is 0 Å². The molecule has 0 saturated carbocycles. The van der Waals surface area contributed by atoms with Crippen molar-refractivity contribution >= 4 is 34.8 Å². The number of likely N-dealkylation sites (tertiary alicyclic amines) is 1. The van der Waals surface area contributed by atoms with Crippen LogP contribution in [0.4, 0.5) is 15.8 Å². The number of nitrogens with one attached hydrogen (secondary N) is 1. The van der Waals surface area contributed by atoms with Crippen molar-refractivity contribution in [2.45, 2.75) is 44.9 Å². The van der Waals surface area contributed by atoms with Crippen molar-refractivity contribution in [3.8, 4) is 5.75 Å². The third-order valence-corrected chi connectivity index (χ3v) is 6.42. The molecule has 9 heteroatoms. The van der Waals surface area contributed by atoms with Crippen molar-refractivity contribution in [1.29, 1.82) is 0 Å². The molecule has 1 N–H and O–H groups in total. The number of carbonyl (C=O) groups excluding carboxylic acids is 2. The molecule has 7 nitrogen and oxygen atoms in total. The molecule has 2 aromatic carbocycles. The van der Waals surface area contributed by atoms with Gasteiger partial charge in [0.05, 0.1) is 30.6 Å². The zero-order chi connectivity index (χ0) is 24.4. The summed E-state index contributed by atoms with van der Waals surface area (Å²) in [5.41, 5.74) is 1.13. The maximum Gasteiger partial charge on any atom is 0.258 e. The number of morpholine rings is 1. The Morgan fingerprint density at radius 1 is 1.15 bits per heavy atom. The van der Waals surface area contributed by atoms with Gasteiger partial charge in [-0.15, -0.1) is 0 Å². The summed E-state index contributed by atoms with van der Waals surface area (Å²) in [7, 11) is 1.48. The van der Waals surface area contributed by atoms with Gasteiger partial charge in [0.25, 0.3) is 5.91 Å². The van der Waals surface area contributed by atoms with Crippen LogP contribution in [0.1, 0.15) is 37.0 Å². The third-order valence-electron chi connectivity index (χ3n) is 6.18. The van der Waals surface area contributed by atoms with Crippen LogP contribution in [0.2, 0.25) is 5.02 Å². The quantitative estimate of drug-likeness (QED) is 0.676. The summed E-state index contributed by atoms with van der Waals surface area (Å²) in [6.45, 7) is 5.55. The first-order chi connectivity index (χ1) is 16.3. The Kier molecular flexibility index (Phi) is 7.28. The van der Waals surface area contributed by atoms with E-state index < -0.39 is 11.9 Å². The normalized spacial score (nSPS) is 22.6. The zero-order valence-electron chi connectivity index (χ0n) is 19.5. The summed E-state index contributed by atoms with van der Waals surface area (Å²) < 4.78 is 26.0. The molecule has 34 heavy (non-hydrogen) atoms. The van der Waals surface area contributed by atoms with E-state index in [0.29, 0.717) is 60.2 Å². The van der Waals surface area contributed by atoms with Crippen LogP contribution in [-0.4, -0.2) is 61.7 Å². The summed E-state index contributed by atoms with van der Waals surface area (Å²) in [6.07, 6.45) is 1.22. The fourth-order valence-electron chi connectivity index (χ4n) is 4.73. The smallest absolute Gasteiger partial charge is 0.258 e. The molecule has 0 aliphatic carbocycles. The van der Waals surface area contributed by atoms with E-state index in [2.05, 4.69) is 5.32 Å². The summed E-state index contributed by atoms with van der Waals surface area (Å²) >= 11 is 6.08. The Hall–Kier alpha value is -2.84. The summed E-state index contributed by atoms with van der Waals surface area (Å²) in [6, 6.07) is 8.81. The first-order valence-electron chi connectivity index (χ1n) is 11.4. The zero-order valence-corrected chi connectivity index (χ0v) is 20.3. The van der Waals surface area contributed by atoms with Crippen LogP contribution in [0.25, 0.3) is 0 Å². The van der Waals surface area contributed by atoms with Gasteiger partial charge in [-0.1, -0.05) is 11.6 Å². The molecule has 0 spiro atoms. The van der Waals surface area contributed by atoms with Gasteiger partial charge in [0, 0.05) is 30.3 Å². The molecule has 2 heterocycles. The standard InChI is InChI=1S/C25H29ClFN3O4/c1-15-13-29(14-16(2)34-15)21-8-7-18(12-20(21)27)28-24(31)22-5-4-10-30(22)25(32)19-11-17(26)6-9-23(19)33-3/h6-9,11-12,15-16,22H,4-5,10,13-14H2,1-3H3,(H,28,31).